The molecule has 1 aliphatic rings. The SMILES string of the molecule is CC(C)c1ccc(C2NCCc3ccccc32)cc1. The number of rotatable bonds is 2. The molecule has 0 aromatic heterocycles. The Bertz CT molecular complexity index is 554. The molecule has 0 radical (unpaired) electrons. The van der Waals surface area contributed by atoms with E-state index in [2.05, 4.69) is 67.7 Å². The predicted octanol–water partition coefficient (Wildman–Crippen LogP) is 4.05. The first-order valence-electron chi connectivity index (χ1n) is 7.17. The molecule has 1 nitrogen and oxygen atoms in total. The zero-order valence-electron chi connectivity index (χ0n) is 11.7. The van der Waals surface area contributed by atoms with Crippen LogP contribution in [0.5, 0.6) is 0 Å². The van der Waals surface area contributed by atoms with E-state index in [1.54, 1.807) is 0 Å². The normalized spacial score (nSPS) is 18.4. The summed E-state index contributed by atoms with van der Waals surface area (Å²) in [6, 6.07) is 18.2. The van der Waals surface area contributed by atoms with Crippen LogP contribution in [0.15, 0.2) is 48.5 Å². The summed E-state index contributed by atoms with van der Waals surface area (Å²) in [6.07, 6.45) is 1.14. The molecule has 2 aromatic carbocycles. The van der Waals surface area contributed by atoms with Gasteiger partial charge in [-0.25, -0.2) is 0 Å². The highest BCUT2D eigenvalue weighted by atomic mass is 14.9. The Morgan fingerprint density at radius 3 is 2.47 bits per heavy atom. The summed E-state index contributed by atoms with van der Waals surface area (Å²) in [5.74, 6) is 0.598. The molecule has 0 amide bonds. The maximum atomic E-state index is 3.64. The lowest BCUT2D eigenvalue weighted by Gasteiger charge is -2.27. The van der Waals surface area contributed by atoms with Gasteiger partial charge in [-0.1, -0.05) is 62.4 Å². The quantitative estimate of drug-likeness (QED) is 0.849. The fourth-order valence-electron chi connectivity index (χ4n) is 2.88. The monoisotopic (exact) mass is 251 g/mol. The summed E-state index contributed by atoms with van der Waals surface area (Å²) in [5.41, 5.74) is 5.70. The molecule has 19 heavy (non-hydrogen) atoms. The molecule has 1 unspecified atom stereocenters. The van der Waals surface area contributed by atoms with Crippen molar-refractivity contribution in [2.75, 3.05) is 6.54 Å². The average Bonchev–Trinajstić information content (AvgIpc) is 2.47. The molecule has 0 saturated heterocycles. The molecule has 1 heterocycles. The van der Waals surface area contributed by atoms with Gasteiger partial charge in [-0.3, -0.25) is 0 Å². The van der Waals surface area contributed by atoms with E-state index in [9.17, 15) is 0 Å². The second-order valence-electron chi connectivity index (χ2n) is 5.66. The number of hydrogen-bond donors (Lipinski definition) is 1. The third kappa shape index (κ3) is 2.43. The minimum absolute atomic E-state index is 0.353. The molecule has 0 aliphatic carbocycles. The first kappa shape index (κ1) is 12.4. The predicted molar refractivity (Wildman–Crippen MR) is 80.5 cm³/mol. The molecule has 3 rings (SSSR count). The third-order valence-electron chi connectivity index (χ3n) is 4.05. The van der Waals surface area contributed by atoms with Crippen LogP contribution in [-0.2, 0) is 6.42 Å². The minimum Gasteiger partial charge on any atom is -0.306 e. The molecule has 0 fully saturated rings. The zero-order chi connectivity index (χ0) is 13.2. The van der Waals surface area contributed by atoms with Crippen LogP contribution in [0.2, 0.25) is 0 Å². The smallest absolute Gasteiger partial charge is 0.0579 e. The van der Waals surface area contributed by atoms with Crippen molar-refractivity contribution in [3.8, 4) is 0 Å². The van der Waals surface area contributed by atoms with Gasteiger partial charge in [0.1, 0.15) is 0 Å². The van der Waals surface area contributed by atoms with Crippen molar-refractivity contribution in [1.29, 1.82) is 0 Å². The van der Waals surface area contributed by atoms with Gasteiger partial charge in [0.15, 0.2) is 0 Å². The molecule has 1 N–H and O–H groups in total. The largest absolute Gasteiger partial charge is 0.306 e. The van der Waals surface area contributed by atoms with E-state index < -0.39 is 0 Å². The average molecular weight is 251 g/mol. The van der Waals surface area contributed by atoms with Crippen molar-refractivity contribution < 1.29 is 0 Å². The number of fused-ring (bicyclic) bond motifs is 1. The van der Waals surface area contributed by atoms with Crippen LogP contribution in [0.25, 0.3) is 0 Å². The number of hydrogen-bond acceptors (Lipinski definition) is 1. The Labute approximate surface area is 115 Å². The van der Waals surface area contributed by atoms with Gasteiger partial charge in [0.2, 0.25) is 0 Å². The second kappa shape index (κ2) is 5.18. The van der Waals surface area contributed by atoms with Crippen molar-refractivity contribution >= 4 is 0 Å². The lowest BCUT2D eigenvalue weighted by atomic mass is 9.89. The minimum atomic E-state index is 0.353. The molecule has 0 bridgehead atoms. The Morgan fingerprint density at radius 2 is 1.74 bits per heavy atom. The molecular formula is C18H21N. The van der Waals surface area contributed by atoms with Gasteiger partial charge in [-0.15, -0.1) is 0 Å². The third-order valence-corrected chi connectivity index (χ3v) is 4.05. The molecule has 1 heteroatoms. The van der Waals surface area contributed by atoms with Crippen molar-refractivity contribution in [3.63, 3.8) is 0 Å². The van der Waals surface area contributed by atoms with E-state index in [1.807, 2.05) is 0 Å². The molecule has 2 aromatic rings. The Morgan fingerprint density at radius 1 is 1.00 bits per heavy atom. The van der Waals surface area contributed by atoms with Gasteiger partial charge in [0.05, 0.1) is 6.04 Å². The summed E-state index contributed by atoms with van der Waals surface area (Å²) < 4.78 is 0. The summed E-state index contributed by atoms with van der Waals surface area (Å²) in [5, 5.41) is 3.64. The van der Waals surface area contributed by atoms with Crippen LogP contribution < -0.4 is 5.32 Å². The summed E-state index contributed by atoms with van der Waals surface area (Å²) in [4.78, 5) is 0. The van der Waals surface area contributed by atoms with E-state index in [0.717, 1.165) is 13.0 Å². The highest BCUT2D eigenvalue weighted by Crippen LogP contribution is 2.29. The molecule has 0 saturated carbocycles. The van der Waals surface area contributed by atoms with Gasteiger partial charge < -0.3 is 5.32 Å². The molecule has 0 spiro atoms. The van der Waals surface area contributed by atoms with Crippen LogP contribution >= 0.6 is 0 Å². The number of benzene rings is 2. The maximum absolute atomic E-state index is 3.64. The van der Waals surface area contributed by atoms with Crippen LogP contribution in [0.4, 0.5) is 0 Å². The van der Waals surface area contributed by atoms with Gasteiger partial charge in [-0.05, 0) is 34.6 Å². The second-order valence-corrected chi connectivity index (χ2v) is 5.66. The first-order valence-corrected chi connectivity index (χ1v) is 7.17. The van der Waals surface area contributed by atoms with E-state index in [0.29, 0.717) is 12.0 Å². The van der Waals surface area contributed by atoms with E-state index >= 15 is 0 Å². The standard InChI is InChI=1S/C18H21N/c1-13(2)14-7-9-16(10-8-14)18-17-6-4-3-5-15(17)11-12-19-18/h3-10,13,18-19H,11-12H2,1-2H3. The lowest BCUT2D eigenvalue weighted by molar-refractivity contribution is 0.567. The van der Waals surface area contributed by atoms with Crippen LogP contribution in [0.1, 0.15) is 48.1 Å². The van der Waals surface area contributed by atoms with Crippen LogP contribution in [0, 0.1) is 0 Å². The van der Waals surface area contributed by atoms with Crippen LogP contribution in [-0.4, -0.2) is 6.54 Å². The summed E-state index contributed by atoms with van der Waals surface area (Å²) in [7, 11) is 0. The molecule has 1 atom stereocenters. The van der Waals surface area contributed by atoms with Gasteiger partial charge in [-0.2, -0.15) is 0 Å². The van der Waals surface area contributed by atoms with Crippen LogP contribution in [0.3, 0.4) is 0 Å². The first-order chi connectivity index (χ1) is 9.25. The summed E-state index contributed by atoms with van der Waals surface area (Å²) in [6.45, 7) is 5.54. The van der Waals surface area contributed by atoms with Crippen molar-refractivity contribution in [3.05, 3.63) is 70.8 Å². The number of nitrogens with one attached hydrogen (secondary N) is 1. The van der Waals surface area contributed by atoms with Gasteiger partial charge in [0.25, 0.3) is 0 Å². The molecule has 1 aliphatic heterocycles. The Balaban J connectivity index is 1.95. The Kier molecular flexibility index (Phi) is 3.39. The maximum Gasteiger partial charge on any atom is 0.0579 e. The Hall–Kier alpha value is -1.60. The highest BCUT2D eigenvalue weighted by Gasteiger charge is 2.20. The van der Waals surface area contributed by atoms with E-state index in [1.165, 1.54) is 22.3 Å². The fourth-order valence-corrected chi connectivity index (χ4v) is 2.88. The zero-order valence-corrected chi connectivity index (χ0v) is 11.7. The van der Waals surface area contributed by atoms with E-state index in [-0.39, 0.29) is 0 Å². The van der Waals surface area contributed by atoms with Crippen molar-refractivity contribution in [2.24, 2.45) is 0 Å². The van der Waals surface area contributed by atoms with Gasteiger partial charge in [0, 0.05) is 6.54 Å². The van der Waals surface area contributed by atoms with Crippen molar-refractivity contribution in [1.82, 2.24) is 5.32 Å². The topological polar surface area (TPSA) is 12.0 Å². The van der Waals surface area contributed by atoms with Crippen molar-refractivity contribution in [2.45, 2.75) is 32.2 Å². The molecular weight excluding hydrogens is 230 g/mol. The summed E-state index contributed by atoms with van der Waals surface area (Å²) >= 11 is 0. The fraction of sp³-hybridized carbons (Fsp3) is 0.333. The molecule has 98 valence electrons. The highest BCUT2D eigenvalue weighted by molar-refractivity contribution is 5.40. The lowest BCUT2D eigenvalue weighted by Crippen LogP contribution is -2.30. The van der Waals surface area contributed by atoms with Gasteiger partial charge >= 0.3 is 0 Å². The van der Waals surface area contributed by atoms with E-state index in [4.69, 9.17) is 0 Å².